The molecular formula is C22H24F3N6O3P. The molecule has 9 nitrogen and oxygen atoms in total. The maximum absolute atomic E-state index is 13.9. The summed E-state index contributed by atoms with van der Waals surface area (Å²) in [5.74, 6) is -0.333. The highest BCUT2D eigenvalue weighted by Crippen LogP contribution is 2.41. The molecular weight excluding hydrogens is 484 g/mol. The summed E-state index contributed by atoms with van der Waals surface area (Å²) in [6, 6.07) is 6.78. The summed E-state index contributed by atoms with van der Waals surface area (Å²) in [5.41, 5.74) is 5.33. The van der Waals surface area contributed by atoms with E-state index < -0.39 is 24.7 Å². The van der Waals surface area contributed by atoms with Gasteiger partial charge in [0.05, 0.1) is 22.5 Å². The highest BCUT2D eigenvalue weighted by molar-refractivity contribution is 7.70. The first kappa shape index (κ1) is 26.2. The molecule has 2 aromatic heterocycles. The summed E-state index contributed by atoms with van der Waals surface area (Å²) in [4.78, 5) is 16.5. The van der Waals surface area contributed by atoms with Crippen molar-refractivity contribution >= 4 is 35.8 Å². The third kappa shape index (κ3) is 5.63. The number of halogens is 3. The SMILES string of the molecule is CP(C)(=O)c1c(C#N)ccc2ccn(-c3nc(N[C@H]4CC[C@H](N)C4)ncc3C(F)(F)F)c12.O=CO. The fourth-order valence-corrected chi connectivity index (χ4v) is 5.63. The van der Waals surface area contributed by atoms with E-state index in [4.69, 9.17) is 15.6 Å². The molecule has 1 saturated carbocycles. The second kappa shape index (κ2) is 10.1. The maximum Gasteiger partial charge on any atom is 0.421 e. The van der Waals surface area contributed by atoms with Gasteiger partial charge in [-0.25, -0.2) is 4.98 Å². The first-order chi connectivity index (χ1) is 16.4. The first-order valence-corrected chi connectivity index (χ1v) is 13.1. The number of alkyl halides is 3. The Hall–Kier alpha value is -3.42. The molecule has 13 heteroatoms. The number of nitriles is 1. The monoisotopic (exact) mass is 508 g/mol. The van der Waals surface area contributed by atoms with Gasteiger partial charge in [-0.2, -0.15) is 23.4 Å². The minimum Gasteiger partial charge on any atom is -0.483 e. The van der Waals surface area contributed by atoms with Crippen LogP contribution < -0.4 is 16.4 Å². The van der Waals surface area contributed by atoms with Gasteiger partial charge in [0.2, 0.25) is 5.95 Å². The minimum atomic E-state index is -4.71. The Kier molecular flexibility index (Phi) is 7.53. The predicted molar refractivity (Wildman–Crippen MR) is 126 cm³/mol. The van der Waals surface area contributed by atoms with E-state index in [9.17, 15) is 23.0 Å². The van der Waals surface area contributed by atoms with E-state index in [-0.39, 0.29) is 40.9 Å². The van der Waals surface area contributed by atoms with Crippen LogP contribution in [0, 0.1) is 11.3 Å². The average Bonchev–Trinajstić information content (AvgIpc) is 3.37. The molecule has 4 N–H and O–H groups in total. The van der Waals surface area contributed by atoms with Gasteiger partial charge >= 0.3 is 6.18 Å². The number of fused-ring (bicyclic) bond motifs is 1. The van der Waals surface area contributed by atoms with Crippen LogP contribution in [0.15, 0.2) is 30.6 Å². The molecule has 3 aromatic rings. The number of carbonyl (C=O) groups is 1. The smallest absolute Gasteiger partial charge is 0.421 e. The highest BCUT2D eigenvalue weighted by atomic mass is 31.2. The van der Waals surface area contributed by atoms with Crippen molar-refractivity contribution in [2.24, 2.45) is 5.73 Å². The van der Waals surface area contributed by atoms with Gasteiger partial charge in [0.1, 0.15) is 12.7 Å². The molecule has 2 atom stereocenters. The molecule has 4 rings (SSSR count). The quantitative estimate of drug-likeness (QED) is 0.358. The van der Waals surface area contributed by atoms with Crippen LogP contribution in [0.5, 0.6) is 0 Å². The lowest BCUT2D eigenvalue weighted by Crippen LogP contribution is -2.23. The molecule has 0 radical (unpaired) electrons. The van der Waals surface area contributed by atoms with Gasteiger partial charge in [-0.05, 0) is 44.7 Å². The van der Waals surface area contributed by atoms with Crippen LogP contribution >= 0.6 is 7.14 Å². The van der Waals surface area contributed by atoms with Gasteiger partial charge in [-0.1, -0.05) is 6.07 Å². The average molecular weight is 508 g/mol. The van der Waals surface area contributed by atoms with Crippen LogP contribution in [0.2, 0.25) is 0 Å². The summed E-state index contributed by atoms with van der Waals surface area (Å²) in [5, 5.41) is 20.3. The van der Waals surface area contributed by atoms with Gasteiger partial charge in [0.25, 0.3) is 6.47 Å². The zero-order valence-electron chi connectivity index (χ0n) is 19.0. The predicted octanol–water partition coefficient (Wildman–Crippen LogP) is 3.55. The Labute approximate surface area is 199 Å². The molecule has 1 aromatic carbocycles. The third-order valence-electron chi connectivity index (χ3n) is 5.59. The van der Waals surface area contributed by atoms with Crippen LogP contribution in [0.3, 0.4) is 0 Å². The molecule has 0 spiro atoms. The molecule has 1 aliphatic carbocycles. The zero-order chi connectivity index (χ0) is 26.0. The Bertz CT molecular complexity index is 1330. The van der Waals surface area contributed by atoms with E-state index in [0.717, 1.165) is 19.0 Å². The largest absolute Gasteiger partial charge is 0.483 e. The van der Waals surface area contributed by atoms with Gasteiger partial charge in [0.15, 0.2) is 5.82 Å². The Morgan fingerprint density at radius 1 is 1.31 bits per heavy atom. The van der Waals surface area contributed by atoms with Crippen molar-refractivity contribution in [2.75, 3.05) is 18.6 Å². The number of nitrogens with two attached hydrogens (primary N) is 1. The van der Waals surface area contributed by atoms with E-state index in [1.165, 1.54) is 30.2 Å². The van der Waals surface area contributed by atoms with Crippen molar-refractivity contribution < 1.29 is 27.6 Å². The Morgan fingerprint density at radius 3 is 2.54 bits per heavy atom. The van der Waals surface area contributed by atoms with E-state index in [1.54, 1.807) is 12.1 Å². The summed E-state index contributed by atoms with van der Waals surface area (Å²) in [6.07, 6.45) is -0.256. The Balaban J connectivity index is 0.00000108. The number of benzene rings is 1. The molecule has 35 heavy (non-hydrogen) atoms. The molecule has 1 aliphatic rings. The van der Waals surface area contributed by atoms with Crippen LogP contribution in [0.4, 0.5) is 19.1 Å². The van der Waals surface area contributed by atoms with Crippen LogP contribution in [0.1, 0.15) is 30.4 Å². The molecule has 2 heterocycles. The molecule has 0 bridgehead atoms. The number of nitrogens with one attached hydrogen (secondary N) is 1. The molecule has 0 unspecified atom stereocenters. The Morgan fingerprint density at radius 2 is 2.00 bits per heavy atom. The van der Waals surface area contributed by atoms with E-state index in [1.807, 2.05) is 6.07 Å². The van der Waals surface area contributed by atoms with Gasteiger partial charge in [-0.15, -0.1) is 0 Å². The van der Waals surface area contributed by atoms with E-state index >= 15 is 0 Å². The number of carboxylic acid groups (broad SMARTS) is 1. The van der Waals surface area contributed by atoms with Crippen molar-refractivity contribution in [1.82, 2.24) is 14.5 Å². The van der Waals surface area contributed by atoms with Crippen molar-refractivity contribution in [3.63, 3.8) is 0 Å². The normalized spacial score (nSPS) is 18.0. The van der Waals surface area contributed by atoms with E-state index in [2.05, 4.69) is 15.3 Å². The lowest BCUT2D eigenvalue weighted by atomic mass is 10.2. The van der Waals surface area contributed by atoms with Crippen molar-refractivity contribution in [3.05, 3.63) is 41.7 Å². The molecule has 186 valence electrons. The lowest BCUT2D eigenvalue weighted by Gasteiger charge is -2.19. The van der Waals surface area contributed by atoms with E-state index in [0.29, 0.717) is 11.8 Å². The summed E-state index contributed by atoms with van der Waals surface area (Å²) in [7, 11) is -3.03. The second-order valence-electron chi connectivity index (χ2n) is 8.50. The number of hydrogen-bond donors (Lipinski definition) is 3. The van der Waals surface area contributed by atoms with Gasteiger partial charge in [0, 0.05) is 29.9 Å². The van der Waals surface area contributed by atoms with Crippen LogP contribution in [-0.4, -0.2) is 51.5 Å². The third-order valence-corrected chi connectivity index (χ3v) is 7.12. The van der Waals surface area contributed by atoms with Gasteiger partial charge < -0.3 is 20.7 Å². The van der Waals surface area contributed by atoms with Crippen LogP contribution in [0.25, 0.3) is 16.7 Å². The topological polar surface area (TPSA) is 147 Å². The van der Waals surface area contributed by atoms with Crippen molar-refractivity contribution in [1.29, 1.82) is 5.26 Å². The van der Waals surface area contributed by atoms with Crippen molar-refractivity contribution in [3.8, 4) is 11.9 Å². The van der Waals surface area contributed by atoms with Gasteiger partial charge in [-0.3, -0.25) is 9.36 Å². The highest BCUT2D eigenvalue weighted by Gasteiger charge is 2.37. The van der Waals surface area contributed by atoms with Crippen molar-refractivity contribution in [2.45, 2.75) is 37.5 Å². The number of rotatable bonds is 4. The molecule has 0 amide bonds. The number of aromatic nitrogens is 3. The lowest BCUT2D eigenvalue weighted by molar-refractivity contribution is -0.138. The number of hydrogen-bond acceptors (Lipinski definition) is 7. The maximum atomic E-state index is 13.9. The first-order valence-electron chi connectivity index (χ1n) is 10.5. The molecule has 0 saturated heterocycles. The molecule has 1 fully saturated rings. The fraction of sp³-hybridized carbons (Fsp3) is 0.364. The summed E-state index contributed by atoms with van der Waals surface area (Å²) >= 11 is 0. The van der Waals surface area contributed by atoms with Crippen LogP contribution in [-0.2, 0) is 15.5 Å². The number of nitrogens with zero attached hydrogens (tertiary/aromatic N) is 4. The number of anilines is 1. The minimum absolute atomic E-state index is 0.0248. The second-order valence-corrected chi connectivity index (χ2v) is 11.6. The fourth-order valence-electron chi connectivity index (χ4n) is 4.18. The zero-order valence-corrected chi connectivity index (χ0v) is 19.8. The summed E-state index contributed by atoms with van der Waals surface area (Å²) < 4.78 is 55.9. The summed E-state index contributed by atoms with van der Waals surface area (Å²) in [6.45, 7) is 2.72. The standard InChI is InChI=1S/C21H22F3N6OP.CH2O2/c1-32(2,31)18-13(10-25)4-3-12-7-8-30(17(12)18)19-16(21(22,23)24)11-27-20(29-19)28-15-6-5-14(26)9-15;2-1-3/h3-4,7-8,11,14-15H,5-6,9,26H2,1-2H3,(H,27,28,29);1H,(H,2,3)/t14-,15-;/m0./s1. The molecule has 0 aliphatic heterocycles.